The Bertz CT molecular complexity index is 1140. The molecule has 3 N–H and O–H groups in total. The van der Waals surface area contributed by atoms with Crippen LogP contribution in [0.1, 0.15) is 46.4 Å². The van der Waals surface area contributed by atoms with Gasteiger partial charge in [0.05, 0.1) is 40.4 Å². The maximum atomic E-state index is 13.4. The van der Waals surface area contributed by atoms with Crippen LogP contribution >= 0.6 is 15.9 Å². The summed E-state index contributed by atoms with van der Waals surface area (Å²) in [5, 5.41) is 21.1. The Hall–Kier alpha value is -3.25. The minimum atomic E-state index is -0.508. The number of aromatic nitrogens is 1. The van der Waals surface area contributed by atoms with Gasteiger partial charge >= 0.3 is 0 Å². The molecule has 1 aromatic carbocycles. The van der Waals surface area contributed by atoms with Crippen LogP contribution in [0.25, 0.3) is 0 Å². The number of rotatable bonds is 7. The Balaban J connectivity index is 1.62. The number of pyridine rings is 1. The fraction of sp³-hybridized carbons (Fsp3) is 0.458. The number of piperidine rings is 1. The predicted molar refractivity (Wildman–Crippen MR) is 138 cm³/mol. The molecule has 192 valence electrons. The Labute approximate surface area is 217 Å². The van der Waals surface area contributed by atoms with Crippen molar-refractivity contribution in [3.05, 3.63) is 56.3 Å². The molecule has 11 nitrogen and oxygen atoms in total. The molecule has 2 atom stereocenters. The molecule has 12 heteroatoms. The number of nitro benzene ring substituents is 1. The van der Waals surface area contributed by atoms with Gasteiger partial charge in [0.2, 0.25) is 0 Å². The molecule has 4 rings (SSSR count). The summed E-state index contributed by atoms with van der Waals surface area (Å²) in [6, 6.07) is 3.81. The van der Waals surface area contributed by atoms with Gasteiger partial charge < -0.3 is 25.6 Å². The minimum Gasteiger partial charge on any atom is -0.387 e. The number of anilines is 2. The van der Waals surface area contributed by atoms with Crippen molar-refractivity contribution < 1.29 is 19.2 Å². The average Bonchev–Trinajstić information content (AvgIpc) is 2.90. The van der Waals surface area contributed by atoms with Gasteiger partial charge in [-0.15, -0.1) is 0 Å². The molecule has 3 heterocycles. The number of likely N-dealkylation sites (tertiary alicyclic amines) is 1. The van der Waals surface area contributed by atoms with Crippen LogP contribution in [0, 0.1) is 10.1 Å². The van der Waals surface area contributed by atoms with Crippen LogP contribution in [0.2, 0.25) is 0 Å². The van der Waals surface area contributed by atoms with Gasteiger partial charge in [0.1, 0.15) is 5.69 Å². The first-order valence-corrected chi connectivity index (χ1v) is 12.7. The van der Waals surface area contributed by atoms with Crippen molar-refractivity contribution in [2.24, 2.45) is 0 Å². The zero-order valence-electron chi connectivity index (χ0n) is 20.0. The molecule has 0 aliphatic carbocycles. The van der Waals surface area contributed by atoms with Crippen molar-refractivity contribution in [3.63, 3.8) is 0 Å². The van der Waals surface area contributed by atoms with Gasteiger partial charge in [-0.2, -0.15) is 0 Å². The van der Waals surface area contributed by atoms with E-state index in [4.69, 9.17) is 4.74 Å². The molecule has 1 aromatic heterocycles. The van der Waals surface area contributed by atoms with Crippen molar-refractivity contribution in [1.82, 2.24) is 15.2 Å². The zero-order valence-corrected chi connectivity index (χ0v) is 21.5. The highest BCUT2D eigenvalue weighted by Crippen LogP contribution is 2.35. The molecule has 0 radical (unpaired) electrons. The van der Waals surface area contributed by atoms with Crippen LogP contribution in [0.15, 0.2) is 35.1 Å². The Kier molecular flexibility index (Phi) is 8.36. The standard InChI is InChI=1S/C24H29BrN6O5/c1-26-17-9-15(12-27-13-17)23(32)29-19-5-8-36-14-20(19)28-22-18(10-16(25)11-21(22)31(34)35)24(33)30-6-3-2-4-7-30/h9-13,19-20,26,28H,2-8,14H2,1H3,(H,29,32)/t19-,20+/m0/s1. The normalized spacial score (nSPS) is 19.9. The molecule has 2 aliphatic heterocycles. The highest BCUT2D eigenvalue weighted by atomic mass is 79.9. The molecule has 0 saturated carbocycles. The second-order valence-corrected chi connectivity index (χ2v) is 9.78. The van der Waals surface area contributed by atoms with Gasteiger partial charge in [-0.3, -0.25) is 24.7 Å². The second-order valence-electron chi connectivity index (χ2n) is 8.86. The summed E-state index contributed by atoms with van der Waals surface area (Å²) in [7, 11) is 1.74. The van der Waals surface area contributed by atoms with E-state index in [9.17, 15) is 19.7 Å². The first-order chi connectivity index (χ1) is 17.4. The summed E-state index contributed by atoms with van der Waals surface area (Å²) in [5.74, 6) is -0.568. The maximum absolute atomic E-state index is 13.4. The number of halogens is 1. The van der Waals surface area contributed by atoms with Crippen molar-refractivity contribution in [2.45, 2.75) is 37.8 Å². The molecular weight excluding hydrogens is 532 g/mol. The third kappa shape index (κ3) is 5.93. The van der Waals surface area contributed by atoms with Crippen LogP contribution in [-0.4, -0.2) is 72.1 Å². The monoisotopic (exact) mass is 560 g/mol. The minimum absolute atomic E-state index is 0.132. The van der Waals surface area contributed by atoms with Crippen LogP contribution < -0.4 is 16.0 Å². The number of hydrogen-bond donors (Lipinski definition) is 3. The van der Waals surface area contributed by atoms with Gasteiger partial charge in [-0.05, 0) is 37.8 Å². The van der Waals surface area contributed by atoms with Gasteiger partial charge in [-0.1, -0.05) is 15.9 Å². The fourth-order valence-electron chi connectivity index (χ4n) is 4.52. The molecule has 2 amide bonds. The van der Waals surface area contributed by atoms with Crippen molar-refractivity contribution >= 4 is 44.8 Å². The van der Waals surface area contributed by atoms with E-state index in [2.05, 4.69) is 36.9 Å². The summed E-state index contributed by atoms with van der Waals surface area (Å²) < 4.78 is 6.08. The molecule has 2 aliphatic rings. The lowest BCUT2D eigenvalue weighted by molar-refractivity contribution is -0.384. The third-order valence-electron chi connectivity index (χ3n) is 6.44. The molecule has 36 heavy (non-hydrogen) atoms. The van der Waals surface area contributed by atoms with Crippen molar-refractivity contribution in [2.75, 3.05) is 44.0 Å². The molecule has 2 saturated heterocycles. The van der Waals surface area contributed by atoms with E-state index >= 15 is 0 Å². The average molecular weight is 561 g/mol. The number of benzene rings is 1. The molecule has 0 unspecified atom stereocenters. The quantitative estimate of drug-likeness (QED) is 0.345. The Morgan fingerprint density at radius 2 is 1.94 bits per heavy atom. The van der Waals surface area contributed by atoms with E-state index in [1.54, 1.807) is 30.3 Å². The fourth-order valence-corrected chi connectivity index (χ4v) is 4.96. The van der Waals surface area contributed by atoms with E-state index in [1.807, 2.05) is 0 Å². The van der Waals surface area contributed by atoms with Gasteiger partial charge in [0, 0.05) is 49.7 Å². The zero-order chi connectivity index (χ0) is 25.7. The summed E-state index contributed by atoms with van der Waals surface area (Å²) >= 11 is 3.32. The van der Waals surface area contributed by atoms with E-state index in [1.165, 1.54) is 12.3 Å². The molecule has 2 aromatic rings. The van der Waals surface area contributed by atoms with Crippen LogP contribution in [0.5, 0.6) is 0 Å². The predicted octanol–water partition coefficient (Wildman–Crippen LogP) is 3.42. The molecule has 0 spiro atoms. The van der Waals surface area contributed by atoms with Crippen LogP contribution in [0.3, 0.4) is 0 Å². The summed E-state index contributed by atoms with van der Waals surface area (Å²) in [5.41, 5.74) is 1.23. The number of nitro groups is 1. The number of carbonyl (C=O) groups excluding carboxylic acids is 2. The van der Waals surface area contributed by atoms with E-state index in [0.29, 0.717) is 41.8 Å². The van der Waals surface area contributed by atoms with Crippen LogP contribution in [0.4, 0.5) is 17.1 Å². The number of amides is 2. The lowest BCUT2D eigenvalue weighted by Gasteiger charge is -2.34. The number of nitrogens with zero attached hydrogens (tertiary/aromatic N) is 3. The van der Waals surface area contributed by atoms with E-state index in [-0.39, 0.29) is 41.4 Å². The molecule has 0 bridgehead atoms. The van der Waals surface area contributed by atoms with E-state index in [0.717, 1.165) is 19.3 Å². The van der Waals surface area contributed by atoms with E-state index < -0.39 is 11.0 Å². The van der Waals surface area contributed by atoms with Gasteiger partial charge in [-0.25, -0.2) is 0 Å². The topological polar surface area (TPSA) is 139 Å². The highest BCUT2D eigenvalue weighted by Gasteiger charge is 2.33. The first kappa shape index (κ1) is 25.8. The number of hydrogen-bond acceptors (Lipinski definition) is 8. The van der Waals surface area contributed by atoms with Gasteiger partial charge in [0.25, 0.3) is 17.5 Å². The maximum Gasteiger partial charge on any atom is 0.294 e. The number of carbonyl (C=O) groups is 2. The van der Waals surface area contributed by atoms with Gasteiger partial charge in [0.15, 0.2) is 0 Å². The molecule has 2 fully saturated rings. The second kappa shape index (κ2) is 11.7. The Morgan fingerprint density at radius 1 is 1.17 bits per heavy atom. The Morgan fingerprint density at radius 3 is 2.67 bits per heavy atom. The lowest BCUT2D eigenvalue weighted by Crippen LogP contribution is -2.52. The highest BCUT2D eigenvalue weighted by molar-refractivity contribution is 9.10. The summed E-state index contributed by atoms with van der Waals surface area (Å²) in [6.45, 7) is 1.87. The number of ether oxygens (including phenoxy) is 1. The first-order valence-electron chi connectivity index (χ1n) is 11.9. The van der Waals surface area contributed by atoms with Crippen LogP contribution in [-0.2, 0) is 4.74 Å². The summed E-state index contributed by atoms with van der Waals surface area (Å²) in [4.78, 5) is 43.7. The molecular formula is C24H29BrN6O5. The SMILES string of the molecule is CNc1cncc(C(=O)N[C@H]2CCOC[C@H]2Nc2c(C(=O)N3CCCCC3)cc(Br)cc2[N+](=O)[O-])c1. The largest absolute Gasteiger partial charge is 0.387 e. The third-order valence-corrected chi connectivity index (χ3v) is 6.90. The lowest BCUT2D eigenvalue weighted by atomic mass is 10.0. The number of nitrogens with one attached hydrogen (secondary N) is 3. The van der Waals surface area contributed by atoms with Crippen molar-refractivity contribution in [1.29, 1.82) is 0 Å². The van der Waals surface area contributed by atoms with Crippen molar-refractivity contribution in [3.8, 4) is 0 Å². The smallest absolute Gasteiger partial charge is 0.294 e. The summed E-state index contributed by atoms with van der Waals surface area (Å²) in [6.07, 6.45) is 6.46.